The van der Waals surface area contributed by atoms with E-state index in [2.05, 4.69) is 0 Å². The molecule has 1 heterocycles. The van der Waals surface area contributed by atoms with Crippen molar-refractivity contribution in [1.82, 2.24) is 4.90 Å². The Morgan fingerprint density at radius 3 is 2.74 bits per heavy atom. The standard InChI is InChI=1S/C15H16N2O2/c16-14-4-2-1-3-11(14)9-17(13-5-6-13)15(18)12-7-8-19-10-12/h1-4,7-8,10,13H,5-6,9,16H2. The minimum atomic E-state index is 0.0134. The summed E-state index contributed by atoms with van der Waals surface area (Å²) in [6.07, 6.45) is 5.15. The quantitative estimate of drug-likeness (QED) is 0.855. The number of carbonyl (C=O) groups is 1. The molecule has 2 N–H and O–H groups in total. The van der Waals surface area contributed by atoms with Gasteiger partial charge in [0.25, 0.3) is 5.91 Å². The molecule has 1 amide bonds. The molecule has 3 rings (SSSR count). The third kappa shape index (κ3) is 2.47. The van der Waals surface area contributed by atoms with Gasteiger partial charge in [0.1, 0.15) is 6.26 Å². The van der Waals surface area contributed by atoms with Gasteiger partial charge in [0.15, 0.2) is 0 Å². The lowest BCUT2D eigenvalue weighted by Gasteiger charge is -2.22. The number of carbonyl (C=O) groups excluding carboxylic acids is 1. The lowest BCUT2D eigenvalue weighted by Crippen LogP contribution is -2.32. The minimum absolute atomic E-state index is 0.0134. The first-order valence-corrected chi connectivity index (χ1v) is 6.42. The van der Waals surface area contributed by atoms with Crippen LogP contribution in [0.4, 0.5) is 5.69 Å². The molecule has 0 saturated heterocycles. The van der Waals surface area contributed by atoms with E-state index in [0.29, 0.717) is 18.2 Å². The number of hydrogen-bond acceptors (Lipinski definition) is 3. The predicted octanol–water partition coefficient (Wildman–Crippen LogP) is 2.67. The van der Waals surface area contributed by atoms with Crippen LogP contribution in [-0.4, -0.2) is 16.8 Å². The highest BCUT2D eigenvalue weighted by molar-refractivity contribution is 5.94. The Bertz CT molecular complexity index is 574. The molecule has 1 saturated carbocycles. The first-order chi connectivity index (χ1) is 9.25. The topological polar surface area (TPSA) is 59.5 Å². The van der Waals surface area contributed by atoms with Gasteiger partial charge < -0.3 is 15.1 Å². The fourth-order valence-electron chi connectivity index (χ4n) is 2.17. The van der Waals surface area contributed by atoms with Crippen molar-refractivity contribution in [2.75, 3.05) is 5.73 Å². The van der Waals surface area contributed by atoms with E-state index in [-0.39, 0.29) is 5.91 Å². The molecule has 0 radical (unpaired) electrons. The first kappa shape index (κ1) is 11.8. The zero-order chi connectivity index (χ0) is 13.2. The van der Waals surface area contributed by atoms with Crippen LogP contribution in [0, 0.1) is 0 Å². The van der Waals surface area contributed by atoms with Crippen LogP contribution in [0.25, 0.3) is 0 Å². The molecular formula is C15H16N2O2. The van der Waals surface area contributed by atoms with E-state index in [1.54, 1.807) is 6.07 Å². The molecule has 98 valence electrons. The number of rotatable bonds is 4. The van der Waals surface area contributed by atoms with Gasteiger partial charge in [0, 0.05) is 18.3 Å². The van der Waals surface area contributed by atoms with Crippen LogP contribution in [-0.2, 0) is 6.54 Å². The number of nitrogens with zero attached hydrogens (tertiary/aromatic N) is 1. The molecule has 1 aliphatic carbocycles. The molecule has 0 spiro atoms. The molecular weight excluding hydrogens is 240 g/mol. The molecule has 1 aromatic carbocycles. The number of furan rings is 1. The molecule has 0 atom stereocenters. The average Bonchev–Trinajstić information content (AvgIpc) is 3.11. The van der Waals surface area contributed by atoms with Crippen LogP contribution in [0.15, 0.2) is 47.3 Å². The lowest BCUT2D eigenvalue weighted by atomic mass is 10.1. The summed E-state index contributed by atoms with van der Waals surface area (Å²) in [5.41, 5.74) is 8.27. The molecule has 4 heteroatoms. The van der Waals surface area contributed by atoms with Gasteiger partial charge in [-0.15, -0.1) is 0 Å². The normalized spacial score (nSPS) is 14.3. The Morgan fingerprint density at radius 1 is 1.32 bits per heavy atom. The van der Waals surface area contributed by atoms with Gasteiger partial charge in [-0.2, -0.15) is 0 Å². The van der Waals surface area contributed by atoms with Crippen LogP contribution in [0.3, 0.4) is 0 Å². The van der Waals surface area contributed by atoms with Crippen LogP contribution in [0.2, 0.25) is 0 Å². The molecule has 19 heavy (non-hydrogen) atoms. The second-order valence-electron chi connectivity index (χ2n) is 4.88. The Kier molecular flexibility index (Phi) is 2.99. The Hall–Kier alpha value is -2.23. The van der Waals surface area contributed by atoms with Crippen molar-refractivity contribution in [3.63, 3.8) is 0 Å². The maximum absolute atomic E-state index is 12.4. The number of hydrogen-bond donors (Lipinski definition) is 1. The van der Waals surface area contributed by atoms with Crippen molar-refractivity contribution in [3.8, 4) is 0 Å². The first-order valence-electron chi connectivity index (χ1n) is 6.42. The third-order valence-electron chi connectivity index (χ3n) is 3.41. The highest BCUT2D eigenvalue weighted by Crippen LogP contribution is 2.30. The van der Waals surface area contributed by atoms with Gasteiger partial charge in [0.2, 0.25) is 0 Å². The summed E-state index contributed by atoms with van der Waals surface area (Å²) >= 11 is 0. The molecule has 1 fully saturated rings. The van der Waals surface area contributed by atoms with Crippen molar-refractivity contribution in [2.45, 2.75) is 25.4 Å². The summed E-state index contributed by atoms with van der Waals surface area (Å²) < 4.78 is 4.99. The fourth-order valence-corrected chi connectivity index (χ4v) is 2.17. The highest BCUT2D eigenvalue weighted by Gasteiger charge is 2.33. The lowest BCUT2D eigenvalue weighted by molar-refractivity contribution is 0.0729. The molecule has 0 aliphatic heterocycles. The monoisotopic (exact) mass is 256 g/mol. The van der Waals surface area contributed by atoms with Crippen molar-refractivity contribution < 1.29 is 9.21 Å². The number of para-hydroxylation sites is 1. The van der Waals surface area contributed by atoms with E-state index in [1.807, 2.05) is 29.2 Å². The van der Waals surface area contributed by atoms with Crippen molar-refractivity contribution in [1.29, 1.82) is 0 Å². The molecule has 4 nitrogen and oxygen atoms in total. The number of nitrogens with two attached hydrogens (primary N) is 1. The van der Waals surface area contributed by atoms with Crippen LogP contribution in [0.1, 0.15) is 28.8 Å². The van der Waals surface area contributed by atoms with Gasteiger partial charge in [-0.3, -0.25) is 4.79 Å². The summed E-state index contributed by atoms with van der Waals surface area (Å²) in [6, 6.07) is 9.71. The fraction of sp³-hybridized carbons (Fsp3) is 0.267. The van der Waals surface area contributed by atoms with Crippen molar-refractivity contribution in [3.05, 3.63) is 54.0 Å². The summed E-state index contributed by atoms with van der Waals surface area (Å²) in [7, 11) is 0. The Labute approximate surface area is 111 Å². The zero-order valence-electron chi connectivity index (χ0n) is 10.6. The van der Waals surface area contributed by atoms with Crippen LogP contribution < -0.4 is 5.73 Å². The van der Waals surface area contributed by atoms with Crippen LogP contribution in [0.5, 0.6) is 0 Å². The smallest absolute Gasteiger partial charge is 0.257 e. The molecule has 1 aliphatic rings. The SMILES string of the molecule is Nc1ccccc1CN(C(=O)c1ccoc1)C1CC1. The zero-order valence-corrected chi connectivity index (χ0v) is 10.6. The van der Waals surface area contributed by atoms with Gasteiger partial charge in [-0.05, 0) is 30.5 Å². The Morgan fingerprint density at radius 2 is 2.11 bits per heavy atom. The van der Waals surface area contributed by atoms with E-state index in [1.165, 1.54) is 12.5 Å². The second-order valence-corrected chi connectivity index (χ2v) is 4.88. The van der Waals surface area contributed by atoms with Gasteiger partial charge >= 0.3 is 0 Å². The Balaban J connectivity index is 1.82. The third-order valence-corrected chi connectivity index (χ3v) is 3.41. The molecule has 0 bridgehead atoms. The van der Waals surface area contributed by atoms with Crippen molar-refractivity contribution in [2.24, 2.45) is 0 Å². The van der Waals surface area contributed by atoms with Gasteiger partial charge in [-0.25, -0.2) is 0 Å². The van der Waals surface area contributed by atoms with E-state index >= 15 is 0 Å². The van der Waals surface area contributed by atoms with Gasteiger partial charge in [0.05, 0.1) is 11.8 Å². The van der Waals surface area contributed by atoms with E-state index < -0.39 is 0 Å². The number of benzene rings is 1. The maximum atomic E-state index is 12.4. The maximum Gasteiger partial charge on any atom is 0.257 e. The summed E-state index contributed by atoms with van der Waals surface area (Å²) in [5, 5.41) is 0. The minimum Gasteiger partial charge on any atom is -0.472 e. The number of nitrogen functional groups attached to an aromatic ring is 1. The van der Waals surface area contributed by atoms with Gasteiger partial charge in [-0.1, -0.05) is 18.2 Å². The summed E-state index contributed by atoms with van der Waals surface area (Å²) in [6.45, 7) is 0.557. The molecule has 2 aromatic rings. The highest BCUT2D eigenvalue weighted by atomic mass is 16.3. The molecule has 0 unspecified atom stereocenters. The molecule has 1 aromatic heterocycles. The number of amides is 1. The largest absolute Gasteiger partial charge is 0.472 e. The number of anilines is 1. The average molecular weight is 256 g/mol. The van der Waals surface area contributed by atoms with E-state index in [9.17, 15) is 4.79 Å². The predicted molar refractivity (Wildman–Crippen MR) is 72.5 cm³/mol. The van der Waals surface area contributed by atoms with E-state index in [4.69, 9.17) is 10.2 Å². The summed E-state index contributed by atoms with van der Waals surface area (Å²) in [5.74, 6) is 0.0134. The summed E-state index contributed by atoms with van der Waals surface area (Å²) in [4.78, 5) is 14.3. The van der Waals surface area contributed by atoms with E-state index in [0.717, 1.165) is 24.1 Å². The van der Waals surface area contributed by atoms with Crippen LogP contribution >= 0.6 is 0 Å². The van der Waals surface area contributed by atoms with Crippen molar-refractivity contribution >= 4 is 11.6 Å². The second kappa shape index (κ2) is 4.80.